The average Bonchev–Trinajstić information content (AvgIpc) is 3.20. The number of carbonyl (C=O) groups is 1. The third kappa shape index (κ3) is 4.23. The summed E-state index contributed by atoms with van der Waals surface area (Å²) in [6, 6.07) is 3.94. The van der Waals surface area contributed by atoms with Gasteiger partial charge in [-0.25, -0.2) is 9.97 Å². The molecular formula is C24H26ClN5O2S. The van der Waals surface area contributed by atoms with Gasteiger partial charge in [0.1, 0.15) is 10.7 Å². The molecule has 2 unspecified atom stereocenters. The lowest BCUT2D eigenvalue weighted by Gasteiger charge is -2.35. The number of aromatic nitrogens is 3. The van der Waals surface area contributed by atoms with E-state index in [1.54, 1.807) is 11.1 Å². The van der Waals surface area contributed by atoms with Crippen molar-refractivity contribution in [2.24, 2.45) is 0 Å². The van der Waals surface area contributed by atoms with Crippen LogP contribution in [0.15, 0.2) is 24.5 Å². The average molecular weight is 484 g/mol. The van der Waals surface area contributed by atoms with E-state index in [-0.39, 0.29) is 18.1 Å². The fourth-order valence-corrected chi connectivity index (χ4v) is 5.83. The molecule has 2 aliphatic heterocycles. The van der Waals surface area contributed by atoms with E-state index in [0.717, 1.165) is 46.3 Å². The highest BCUT2D eigenvalue weighted by atomic mass is 35.5. The van der Waals surface area contributed by atoms with Crippen molar-refractivity contribution in [1.82, 2.24) is 15.0 Å². The van der Waals surface area contributed by atoms with Gasteiger partial charge in [-0.1, -0.05) is 29.0 Å². The van der Waals surface area contributed by atoms with Crippen molar-refractivity contribution < 1.29 is 9.53 Å². The number of aryl methyl sites for hydroxylation is 2. The van der Waals surface area contributed by atoms with Crippen LogP contribution < -0.4 is 9.80 Å². The van der Waals surface area contributed by atoms with Crippen LogP contribution in [0, 0.1) is 13.8 Å². The summed E-state index contributed by atoms with van der Waals surface area (Å²) in [5.74, 6) is 0.513. The Kier molecular flexibility index (Phi) is 5.84. The molecule has 0 bridgehead atoms. The second-order valence-corrected chi connectivity index (χ2v) is 10.2. The minimum atomic E-state index is -0.0660. The lowest BCUT2D eigenvalue weighted by molar-refractivity contribution is -0.00523. The van der Waals surface area contributed by atoms with Gasteiger partial charge in [0.15, 0.2) is 5.13 Å². The van der Waals surface area contributed by atoms with Crippen LogP contribution in [0.25, 0.3) is 11.3 Å². The number of halogens is 1. The summed E-state index contributed by atoms with van der Waals surface area (Å²) < 4.78 is 5.84. The number of amides is 1. The zero-order chi connectivity index (χ0) is 23.3. The lowest BCUT2D eigenvalue weighted by atomic mass is 10.1. The number of nitrogens with zero attached hydrogens (tertiary/aromatic N) is 5. The van der Waals surface area contributed by atoms with E-state index in [9.17, 15) is 4.79 Å². The van der Waals surface area contributed by atoms with Crippen LogP contribution >= 0.6 is 22.9 Å². The van der Waals surface area contributed by atoms with Gasteiger partial charge in [0.25, 0.3) is 5.91 Å². The van der Waals surface area contributed by atoms with E-state index in [2.05, 4.69) is 34.8 Å². The Morgan fingerprint density at radius 1 is 1.12 bits per heavy atom. The summed E-state index contributed by atoms with van der Waals surface area (Å²) in [5.41, 5.74) is 4.56. The second kappa shape index (κ2) is 8.66. The van der Waals surface area contributed by atoms with E-state index in [4.69, 9.17) is 21.3 Å². The molecule has 7 nitrogen and oxygen atoms in total. The Bertz CT molecular complexity index is 1220. The number of pyridine rings is 2. The highest BCUT2D eigenvalue weighted by Gasteiger charge is 2.33. The number of hydrogen-bond donors (Lipinski definition) is 0. The third-order valence-electron chi connectivity index (χ3n) is 5.98. The predicted molar refractivity (Wildman–Crippen MR) is 132 cm³/mol. The van der Waals surface area contributed by atoms with Crippen LogP contribution in [-0.2, 0) is 11.2 Å². The van der Waals surface area contributed by atoms with Crippen molar-refractivity contribution in [3.8, 4) is 11.3 Å². The molecule has 5 heterocycles. The molecule has 0 aliphatic carbocycles. The molecule has 0 radical (unpaired) electrons. The molecule has 33 heavy (non-hydrogen) atoms. The van der Waals surface area contributed by atoms with Crippen LogP contribution in [0.1, 0.15) is 40.3 Å². The van der Waals surface area contributed by atoms with Crippen molar-refractivity contribution in [2.75, 3.05) is 29.4 Å². The number of rotatable bonds is 3. The van der Waals surface area contributed by atoms with Crippen molar-refractivity contribution >= 4 is 39.8 Å². The second-order valence-electron chi connectivity index (χ2n) is 8.84. The standard InChI is InChI=1S/C24H26ClN5O2S/c1-13-7-14(2)21(27-9-13)17-8-20(26-10-18(17)25)30-6-5-19-22(23(30)31)33-24(28-19)29-11-15(3)32-16(4)12-29/h7-10,15-16H,5-6,11-12H2,1-4H3. The summed E-state index contributed by atoms with van der Waals surface area (Å²) in [4.78, 5) is 32.0. The third-order valence-corrected chi connectivity index (χ3v) is 7.42. The smallest absolute Gasteiger partial charge is 0.271 e. The Morgan fingerprint density at radius 3 is 2.61 bits per heavy atom. The maximum absolute atomic E-state index is 13.5. The lowest BCUT2D eigenvalue weighted by Crippen LogP contribution is -2.45. The van der Waals surface area contributed by atoms with Gasteiger partial charge < -0.3 is 9.64 Å². The number of hydrogen-bond acceptors (Lipinski definition) is 7. The Balaban J connectivity index is 1.45. The monoisotopic (exact) mass is 483 g/mol. The van der Waals surface area contributed by atoms with E-state index >= 15 is 0 Å². The van der Waals surface area contributed by atoms with Crippen molar-refractivity contribution in [3.05, 3.63) is 51.2 Å². The number of anilines is 2. The Labute approximate surface area is 202 Å². The fourth-order valence-electron chi connectivity index (χ4n) is 4.56. The quantitative estimate of drug-likeness (QED) is 0.538. The van der Waals surface area contributed by atoms with Gasteiger partial charge in [-0.05, 0) is 44.9 Å². The number of carbonyl (C=O) groups excluding carboxylic acids is 1. The first-order chi connectivity index (χ1) is 15.8. The van der Waals surface area contributed by atoms with Crippen molar-refractivity contribution in [3.63, 3.8) is 0 Å². The number of fused-ring (bicyclic) bond motifs is 1. The zero-order valence-electron chi connectivity index (χ0n) is 19.1. The molecule has 3 aromatic heterocycles. The maximum Gasteiger partial charge on any atom is 0.271 e. The van der Waals surface area contributed by atoms with Gasteiger partial charge in [0.05, 0.1) is 28.6 Å². The van der Waals surface area contributed by atoms with Gasteiger partial charge in [0, 0.05) is 44.0 Å². The molecule has 2 atom stereocenters. The van der Waals surface area contributed by atoms with Gasteiger partial charge >= 0.3 is 0 Å². The molecule has 3 aromatic rings. The zero-order valence-corrected chi connectivity index (χ0v) is 20.7. The van der Waals surface area contributed by atoms with E-state index < -0.39 is 0 Å². The van der Waals surface area contributed by atoms with Crippen LogP contribution in [0.4, 0.5) is 10.9 Å². The largest absolute Gasteiger partial charge is 0.372 e. The van der Waals surface area contributed by atoms with Crippen LogP contribution in [0.2, 0.25) is 5.02 Å². The summed E-state index contributed by atoms with van der Waals surface area (Å²) in [7, 11) is 0. The van der Waals surface area contributed by atoms with Crippen molar-refractivity contribution in [1.29, 1.82) is 0 Å². The molecule has 0 aromatic carbocycles. The van der Waals surface area contributed by atoms with Crippen molar-refractivity contribution in [2.45, 2.75) is 46.3 Å². The molecule has 1 saturated heterocycles. The molecule has 172 valence electrons. The van der Waals surface area contributed by atoms with E-state index in [0.29, 0.717) is 28.7 Å². The molecule has 1 fully saturated rings. The minimum Gasteiger partial charge on any atom is -0.372 e. The first-order valence-corrected chi connectivity index (χ1v) is 12.3. The topological polar surface area (TPSA) is 71.5 Å². The van der Waals surface area contributed by atoms with Gasteiger partial charge in [-0.15, -0.1) is 0 Å². The summed E-state index contributed by atoms with van der Waals surface area (Å²) >= 11 is 7.94. The Morgan fingerprint density at radius 2 is 1.88 bits per heavy atom. The van der Waals surface area contributed by atoms with Crippen LogP contribution in [0.5, 0.6) is 0 Å². The van der Waals surface area contributed by atoms with Gasteiger partial charge in [-0.2, -0.15) is 0 Å². The molecule has 9 heteroatoms. The molecule has 2 aliphatic rings. The first kappa shape index (κ1) is 22.3. The van der Waals surface area contributed by atoms with Crippen LogP contribution in [-0.4, -0.2) is 52.7 Å². The predicted octanol–water partition coefficient (Wildman–Crippen LogP) is 4.69. The summed E-state index contributed by atoms with van der Waals surface area (Å²) in [5, 5.41) is 1.40. The molecule has 0 N–H and O–H groups in total. The number of ether oxygens (including phenoxy) is 1. The number of thiazole rings is 1. The maximum atomic E-state index is 13.5. The SMILES string of the molecule is Cc1cnc(-c2cc(N3CCc4nc(N5CC(C)OC(C)C5)sc4C3=O)ncc2Cl)c(C)c1. The summed E-state index contributed by atoms with van der Waals surface area (Å²) in [6.07, 6.45) is 4.39. The molecule has 5 rings (SSSR count). The minimum absolute atomic E-state index is 0.0660. The molecular weight excluding hydrogens is 458 g/mol. The van der Waals surface area contributed by atoms with E-state index in [1.807, 2.05) is 26.1 Å². The fraction of sp³-hybridized carbons (Fsp3) is 0.417. The normalized spacial score (nSPS) is 20.8. The molecule has 0 saturated carbocycles. The Hall–Kier alpha value is -2.55. The highest BCUT2D eigenvalue weighted by molar-refractivity contribution is 7.17. The summed E-state index contributed by atoms with van der Waals surface area (Å²) in [6.45, 7) is 10.2. The number of morpholine rings is 1. The molecule has 1 amide bonds. The highest BCUT2D eigenvalue weighted by Crippen LogP contribution is 2.36. The van der Waals surface area contributed by atoms with Gasteiger partial charge in [-0.3, -0.25) is 14.7 Å². The first-order valence-electron chi connectivity index (χ1n) is 11.1. The van der Waals surface area contributed by atoms with Gasteiger partial charge in [0.2, 0.25) is 0 Å². The molecule has 0 spiro atoms. The van der Waals surface area contributed by atoms with E-state index in [1.165, 1.54) is 11.3 Å². The van der Waals surface area contributed by atoms with Crippen LogP contribution in [0.3, 0.4) is 0 Å².